The van der Waals surface area contributed by atoms with Crippen LogP contribution in [0.15, 0.2) is 11.5 Å². The maximum Gasteiger partial charge on any atom is 0.270 e. The van der Waals surface area contributed by atoms with Crippen molar-refractivity contribution in [3.63, 3.8) is 0 Å². The Morgan fingerprint density at radius 3 is 3.00 bits per heavy atom. The summed E-state index contributed by atoms with van der Waals surface area (Å²) in [5.41, 5.74) is 1.98. The number of aromatic amines is 1. The van der Waals surface area contributed by atoms with Crippen molar-refractivity contribution in [1.82, 2.24) is 14.5 Å². The van der Waals surface area contributed by atoms with Gasteiger partial charge in [0.2, 0.25) is 10.7 Å². The Bertz CT molecular complexity index is 540. The van der Waals surface area contributed by atoms with E-state index < -0.39 is 0 Å². The molecule has 0 unspecified atom stereocenters. The van der Waals surface area contributed by atoms with E-state index in [1.807, 2.05) is 35.8 Å². The van der Waals surface area contributed by atoms with Crippen molar-refractivity contribution in [2.24, 2.45) is 14.1 Å². The van der Waals surface area contributed by atoms with Crippen molar-refractivity contribution in [2.45, 2.75) is 5.16 Å². The third kappa shape index (κ3) is 1.34. The second kappa shape index (κ2) is 3.36. The average Bonchev–Trinajstić information content (AvgIpc) is 2.42. The molecule has 0 saturated carbocycles. The fraction of sp³-hybridized carbons (Fsp3) is 0.375. The van der Waals surface area contributed by atoms with Crippen LogP contribution in [0.4, 0.5) is 0 Å². The molecule has 0 amide bonds. The van der Waals surface area contributed by atoms with Crippen molar-refractivity contribution < 1.29 is 4.57 Å². The summed E-state index contributed by atoms with van der Waals surface area (Å²) in [4.78, 5) is 7.52. The van der Waals surface area contributed by atoms with Crippen molar-refractivity contribution in [1.29, 1.82) is 0 Å². The zero-order chi connectivity index (χ0) is 10.3. The van der Waals surface area contributed by atoms with E-state index in [9.17, 15) is 0 Å². The van der Waals surface area contributed by atoms with E-state index in [4.69, 9.17) is 12.2 Å². The first kappa shape index (κ1) is 9.67. The van der Waals surface area contributed by atoms with E-state index in [1.165, 1.54) is 0 Å². The molecule has 0 aliphatic rings. The first-order chi connectivity index (χ1) is 6.63. The lowest BCUT2D eigenvalue weighted by Crippen LogP contribution is -2.26. The van der Waals surface area contributed by atoms with E-state index in [2.05, 4.69) is 9.97 Å². The second-order valence-corrected chi connectivity index (χ2v) is 4.27. The van der Waals surface area contributed by atoms with Crippen LogP contribution in [-0.2, 0) is 14.1 Å². The molecule has 0 fully saturated rings. The van der Waals surface area contributed by atoms with Crippen LogP contribution in [0.3, 0.4) is 0 Å². The van der Waals surface area contributed by atoms with Crippen molar-refractivity contribution in [2.75, 3.05) is 6.26 Å². The SMILES string of the molecule is CSc1nc(=S)c2c([nH]1)[n+](C)cn2C. The zero-order valence-electron chi connectivity index (χ0n) is 8.24. The Kier molecular flexibility index (Phi) is 2.32. The zero-order valence-corrected chi connectivity index (χ0v) is 9.87. The number of imidazole rings is 1. The third-order valence-corrected chi connectivity index (χ3v) is 2.97. The number of fused-ring (bicyclic) bond motifs is 1. The average molecular weight is 227 g/mol. The van der Waals surface area contributed by atoms with Gasteiger partial charge < -0.3 is 0 Å². The van der Waals surface area contributed by atoms with Crippen LogP contribution in [0, 0.1) is 4.64 Å². The highest BCUT2D eigenvalue weighted by Crippen LogP contribution is 2.13. The Labute approximate surface area is 91.0 Å². The molecule has 0 radical (unpaired) electrons. The first-order valence-electron chi connectivity index (χ1n) is 4.12. The summed E-state index contributed by atoms with van der Waals surface area (Å²) < 4.78 is 4.63. The first-order valence-corrected chi connectivity index (χ1v) is 5.75. The predicted molar refractivity (Wildman–Crippen MR) is 58.9 cm³/mol. The minimum absolute atomic E-state index is 0.645. The van der Waals surface area contributed by atoms with E-state index in [0.717, 1.165) is 16.3 Å². The number of nitrogens with one attached hydrogen (secondary N) is 1. The van der Waals surface area contributed by atoms with Crippen LogP contribution in [0.5, 0.6) is 0 Å². The molecule has 0 aliphatic carbocycles. The maximum absolute atomic E-state index is 5.23. The van der Waals surface area contributed by atoms with Gasteiger partial charge in [0, 0.05) is 0 Å². The molecule has 2 rings (SSSR count). The Balaban J connectivity index is 2.93. The van der Waals surface area contributed by atoms with Crippen LogP contribution in [0.2, 0.25) is 0 Å². The highest BCUT2D eigenvalue weighted by atomic mass is 32.2. The van der Waals surface area contributed by atoms with Gasteiger partial charge in [0.05, 0.1) is 14.1 Å². The highest BCUT2D eigenvalue weighted by Gasteiger charge is 2.13. The molecule has 14 heavy (non-hydrogen) atoms. The molecule has 4 nitrogen and oxygen atoms in total. The monoisotopic (exact) mass is 227 g/mol. The molecule has 2 aromatic rings. The van der Waals surface area contributed by atoms with E-state index >= 15 is 0 Å². The van der Waals surface area contributed by atoms with Gasteiger partial charge in [0.15, 0.2) is 11.0 Å². The van der Waals surface area contributed by atoms with Gasteiger partial charge in [-0.15, -0.1) is 0 Å². The molecule has 2 aromatic heterocycles. The van der Waals surface area contributed by atoms with Gasteiger partial charge in [-0.3, -0.25) is 4.57 Å². The summed E-state index contributed by atoms with van der Waals surface area (Å²) in [6, 6.07) is 0. The summed E-state index contributed by atoms with van der Waals surface area (Å²) >= 11 is 6.79. The largest absolute Gasteiger partial charge is 0.270 e. The molecule has 6 heteroatoms. The summed E-state index contributed by atoms with van der Waals surface area (Å²) in [7, 11) is 3.95. The quantitative estimate of drug-likeness (QED) is 0.344. The van der Waals surface area contributed by atoms with Gasteiger partial charge in [-0.05, 0) is 6.26 Å². The second-order valence-electron chi connectivity index (χ2n) is 3.09. The number of hydrogen-bond acceptors (Lipinski definition) is 3. The number of H-pyrrole nitrogens is 1. The van der Waals surface area contributed by atoms with Crippen molar-refractivity contribution >= 4 is 35.1 Å². The molecule has 0 bridgehead atoms. The van der Waals surface area contributed by atoms with Crippen LogP contribution in [-0.4, -0.2) is 20.8 Å². The molecular formula is C8H11N4S2+. The van der Waals surface area contributed by atoms with E-state index in [0.29, 0.717) is 4.64 Å². The number of hydrogen-bond donors (Lipinski definition) is 1. The van der Waals surface area contributed by atoms with Crippen LogP contribution >= 0.6 is 24.0 Å². The summed E-state index contributed by atoms with van der Waals surface area (Å²) in [6.45, 7) is 0. The highest BCUT2D eigenvalue weighted by molar-refractivity contribution is 7.98. The molecular weight excluding hydrogens is 216 g/mol. The number of aryl methyl sites for hydroxylation is 2. The topological polar surface area (TPSA) is 37.5 Å². The van der Waals surface area contributed by atoms with Crippen LogP contribution in [0.1, 0.15) is 0 Å². The lowest BCUT2D eigenvalue weighted by Gasteiger charge is -1.93. The fourth-order valence-electron chi connectivity index (χ4n) is 1.48. The molecule has 1 N–H and O–H groups in total. The Morgan fingerprint density at radius 1 is 1.64 bits per heavy atom. The number of rotatable bonds is 1. The van der Waals surface area contributed by atoms with Gasteiger partial charge >= 0.3 is 0 Å². The third-order valence-electron chi connectivity index (χ3n) is 2.10. The lowest BCUT2D eigenvalue weighted by atomic mass is 10.5. The van der Waals surface area contributed by atoms with Gasteiger partial charge in [-0.1, -0.05) is 24.0 Å². The van der Waals surface area contributed by atoms with Crippen molar-refractivity contribution in [3.8, 4) is 0 Å². The standard InChI is InChI=1S/C8H10N4S2/c1-11-4-12(2)6-5(11)7(13)10-8(9-6)14-3/h4H,1-3H3/p+1. The molecule has 0 aliphatic heterocycles. The van der Waals surface area contributed by atoms with Gasteiger partial charge in [0.1, 0.15) is 0 Å². The fourth-order valence-corrected chi connectivity index (χ4v) is 2.25. The maximum atomic E-state index is 5.23. The van der Waals surface area contributed by atoms with Gasteiger partial charge in [0.25, 0.3) is 5.65 Å². The lowest BCUT2D eigenvalue weighted by molar-refractivity contribution is -0.647. The van der Waals surface area contributed by atoms with E-state index in [-0.39, 0.29) is 0 Å². The normalized spacial score (nSPS) is 11.1. The molecule has 0 aromatic carbocycles. The predicted octanol–water partition coefficient (Wildman–Crippen LogP) is 1.18. The molecule has 0 spiro atoms. The van der Waals surface area contributed by atoms with Crippen LogP contribution < -0.4 is 4.57 Å². The number of nitrogens with zero attached hydrogens (tertiary/aromatic N) is 3. The Morgan fingerprint density at radius 2 is 2.36 bits per heavy atom. The summed E-state index contributed by atoms with van der Waals surface area (Å²) in [5, 5.41) is 0.851. The van der Waals surface area contributed by atoms with Gasteiger partial charge in [-0.2, -0.15) is 4.98 Å². The van der Waals surface area contributed by atoms with Crippen LogP contribution in [0.25, 0.3) is 11.2 Å². The molecule has 74 valence electrons. The smallest absolute Gasteiger partial charge is 0.260 e. The number of thioether (sulfide) groups is 1. The molecule has 0 atom stereocenters. The Hall–Kier alpha value is -0.880. The minimum Gasteiger partial charge on any atom is -0.260 e. The summed E-state index contributed by atoms with van der Waals surface area (Å²) in [6.07, 6.45) is 3.95. The molecule has 0 saturated heterocycles. The summed E-state index contributed by atoms with van der Waals surface area (Å²) in [5.74, 6) is 0. The minimum atomic E-state index is 0.645. The van der Waals surface area contributed by atoms with E-state index in [1.54, 1.807) is 11.8 Å². The van der Waals surface area contributed by atoms with Gasteiger partial charge in [-0.25, -0.2) is 9.55 Å². The van der Waals surface area contributed by atoms with Crippen molar-refractivity contribution in [3.05, 3.63) is 11.0 Å². The number of aromatic nitrogens is 4. The molecule has 2 heterocycles.